The number of benzene rings is 1. The average Bonchev–Trinajstić information content (AvgIpc) is 3.37. The number of rotatable bonds is 5. The van der Waals surface area contributed by atoms with Gasteiger partial charge in [-0.15, -0.1) is 9.24 Å². The number of anilines is 1. The molecule has 1 saturated heterocycles. The summed E-state index contributed by atoms with van der Waals surface area (Å²) < 4.78 is 15.4. The number of allylic oxidation sites excluding steroid dienone is 2. The number of aliphatic hydroxyl groups excluding tert-OH is 2. The molecule has 1 fully saturated rings. The van der Waals surface area contributed by atoms with Crippen molar-refractivity contribution in [3.8, 4) is 5.75 Å². The van der Waals surface area contributed by atoms with E-state index in [0.717, 1.165) is 32.0 Å². The topological polar surface area (TPSA) is 174 Å². The molecule has 0 bridgehead atoms. The van der Waals surface area contributed by atoms with Crippen LogP contribution in [-0.4, -0.2) is 93.4 Å². The maximum Gasteiger partial charge on any atom is 0.255 e. The Morgan fingerprint density at radius 1 is 1.23 bits per heavy atom. The van der Waals surface area contributed by atoms with Crippen LogP contribution in [0.4, 0.5) is 10.1 Å². The SMILES string of the molecule is CN(C)[C@@H]1C(O)=C(C(N)=O)C(=O)[C@@]2(P)C(O)=C3C(=O)c4c(O)c(NC(=O)CN5CCCC5)cc(F)c4C[C@H]3C[C@@H]12. The van der Waals surface area contributed by atoms with Gasteiger partial charge in [0.1, 0.15) is 28.1 Å². The summed E-state index contributed by atoms with van der Waals surface area (Å²) in [6.45, 7) is 1.55. The number of Topliss-reactive ketones (excluding diaryl/α,β-unsaturated/α-hetero) is 2. The minimum Gasteiger partial charge on any atom is -0.510 e. The van der Waals surface area contributed by atoms with Crippen molar-refractivity contribution < 1.29 is 38.9 Å². The maximum absolute atomic E-state index is 15.4. The number of nitrogens with zero attached hydrogens (tertiary/aromatic N) is 2. The van der Waals surface area contributed by atoms with Gasteiger partial charge in [-0.25, -0.2) is 4.39 Å². The van der Waals surface area contributed by atoms with Crippen molar-refractivity contribution in [2.75, 3.05) is 39.0 Å². The highest BCUT2D eigenvalue weighted by Gasteiger charge is 2.61. The Hall–Kier alpha value is -3.34. The lowest BCUT2D eigenvalue weighted by Gasteiger charge is -2.51. The Morgan fingerprint density at radius 3 is 2.48 bits per heavy atom. The van der Waals surface area contributed by atoms with Gasteiger partial charge in [-0.05, 0) is 58.8 Å². The zero-order chi connectivity index (χ0) is 29.3. The molecule has 1 aliphatic heterocycles. The Bertz CT molecular complexity index is 1420. The lowest BCUT2D eigenvalue weighted by molar-refractivity contribution is -0.126. The van der Waals surface area contributed by atoms with E-state index < -0.39 is 80.6 Å². The number of nitrogens with one attached hydrogen (secondary N) is 1. The molecule has 5 rings (SSSR count). The second kappa shape index (κ2) is 9.94. The predicted octanol–water partition coefficient (Wildman–Crippen LogP) is 1.18. The fourth-order valence-corrected chi connectivity index (χ4v) is 7.39. The molecular weight excluding hydrogens is 542 g/mol. The van der Waals surface area contributed by atoms with Crippen LogP contribution in [0.5, 0.6) is 5.75 Å². The van der Waals surface area contributed by atoms with Crippen molar-refractivity contribution in [2.24, 2.45) is 17.6 Å². The zero-order valence-electron chi connectivity index (χ0n) is 22.2. The second-order valence-corrected chi connectivity index (χ2v) is 12.1. The highest BCUT2D eigenvalue weighted by molar-refractivity contribution is 7.22. The summed E-state index contributed by atoms with van der Waals surface area (Å²) in [7, 11) is 5.49. The summed E-state index contributed by atoms with van der Waals surface area (Å²) in [5.41, 5.74) is 3.82. The molecule has 1 aromatic rings. The lowest BCUT2D eigenvalue weighted by Crippen LogP contribution is -2.60. The smallest absolute Gasteiger partial charge is 0.255 e. The van der Waals surface area contributed by atoms with Gasteiger partial charge in [-0.3, -0.25) is 29.0 Å². The van der Waals surface area contributed by atoms with Crippen LogP contribution < -0.4 is 11.1 Å². The fraction of sp³-hybridized carbons (Fsp3) is 0.481. The third-order valence-electron chi connectivity index (χ3n) is 8.62. The Balaban J connectivity index is 1.58. The first-order chi connectivity index (χ1) is 18.8. The second-order valence-electron chi connectivity index (χ2n) is 11.2. The minimum absolute atomic E-state index is 0.0504. The largest absolute Gasteiger partial charge is 0.510 e. The fourth-order valence-electron chi connectivity index (χ4n) is 6.77. The first-order valence-electron chi connectivity index (χ1n) is 13.1. The van der Waals surface area contributed by atoms with Crippen molar-refractivity contribution in [2.45, 2.75) is 36.9 Å². The molecule has 4 aliphatic rings. The molecule has 3 aliphatic carbocycles. The van der Waals surface area contributed by atoms with Gasteiger partial charge in [0.25, 0.3) is 5.91 Å². The highest BCUT2D eigenvalue weighted by Crippen LogP contribution is 2.56. The summed E-state index contributed by atoms with van der Waals surface area (Å²) in [6.07, 6.45) is 1.92. The molecule has 0 saturated carbocycles. The molecule has 1 unspecified atom stereocenters. The van der Waals surface area contributed by atoms with E-state index in [1.54, 1.807) is 19.0 Å². The number of hydrogen-bond acceptors (Lipinski definition) is 9. The quantitative estimate of drug-likeness (QED) is 0.197. The lowest BCUT2D eigenvalue weighted by atomic mass is 9.60. The molecule has 214 valence electrons. The van der Waals surface area contributed by atoms with E-state index in [4.69, 9.17) is 5.73 Å². The van der Waals surface area contributed by atoms with Crippen LogP contribution in [0, 0.1) is 17.7 Å². The van der Waals surface area contributed by atoms with Crippen molar-refractivity contribution in [3.05, 3.63) is 45.7 Å². The Morgan fingerprint density at radius 2 is 1.88 bits per heavy atom. The van der Waals surface area contributed by atoms with Gasteiger partial charge in [-0.2, -0.15) is 0 Å². The van der Waals surface area contributed by atoms with Crippen LogP contribution in [-0.2, 0) is 20.8 Å². The number of hydrogen-bond donors (Lipinski definition) is 5. The molecule has 13 heteroatoms. The molecular formula is C27H32FN4O7P. The van der Waals surface area contributed by atoms with Crippen LogP contribution in [0.3, 0.4) is 0 Å². The molecule has 0 spiro atoms. The summed E-state index contributed by atoms with van der Waals surface area (Å²) in [5.74, 6) is -7.65. The number of ketones is 2. The molecule has 0 radical (unpaired) electrons. The van der Waals surface area contributed by atoms with Gasteiger partial charge in [0, 0.05) is 23.1 Å². The molecule has 5 atom stereocenters. The maximum atomic E-state index is 15.4. The molecule has 2 amide bonds. The summed E-state index contributed by atoms with van der Waals surface area (Å²) >= 11 is 0. The van der Waals surface area contributed by atoms with Gasteiger partial charge >= 0.3 is 0 Å². The van der Waals surface area contributed by atoms with Gasteiger partial charge in [-0.1, -0.05) is 0 Å². The number of nitrogens with two attached hydrogens (primary N) is 1. The third-order valence-corrected chi connectivity index (χ3v) is 9.58. The summed E-state index contributed by atoms with van der Waals surface area (Å²) in [6, 6.07) is 0.0607. The monoisotopic (exact) mass is 574 g/mol. The average molecular weight is 575 g/mol. The van der Waals surface area contributed by atoms with E-state index >= 15 is 4.39 Å². The molecule has 6 N–H and O–H groups in total. The molecule has 11 nitrogen and oxygen atoms in total. The third kappa shape index (κ3) is 4.12. The number of primary amides is 1. The Kier molecular flexibility index (Phi) is 7.00. The number of likely N-dealkylation sites (tertiary alicyclic amines) is 1. The van der Waals surface area contributed by atoms with Gasteiger partial charge in [0.05, 0.1) is 23.8 Å². The van der Waals surface area contributed by atoms with E-state index in [1.165, 1.54) is 0 Å². The van der Waals surface area contributed by atoms with Gasteiger partial charge < -0.3 is 26.4 Å². The van der Waals surface area contributed by atoms with Crippen molar-refractivity contribution in [1.29, 1.82) is 0 Å². The summed E-state index contributed by atoms with van der Waals surface area (Å²) in [4.78, 5) is 55.6. The number of amides is 2. The van der Waals surface area contributed by atoms with Crippen LogP contribution in [0.1, 0.15) is 35.2 Å². The van der Waals surface area contributed by atoms with Crippen molar-refractivity contribution in [1.82, 2.24) is 9.80 Å². The minimum atomic E-state index is -1.87. The van der Waals surface area contributed by atoms with E-state index in [-0.39, 0.29) is 36.2 Å². The molecule has 1 heterocycles. The number of aromatic hydroxyl groups is 1. The number of phenols is 1. The number of carbonyl (C=O) groups excluding carboxylic acids is 4. The first-order valence-corrected chi connectivity index (χ1v) is 13.6. The first kappa shape index (κ1) is 28.2. The van der Waals surface area contributed by atoms with Gasteiger partial charge in [0.2, 0.25) is 5.91 Å². The number of fused-ring (bicyclic) bond motifs is 3. The summed E-state index contributed by atoms with van der Waals surface area (Å²) in [5, 5.41) is 34.0. The van der Waals surface area contributed by atoms with E-state index in [0.29, 0.717) is 0 Å². The number of phenolic OH excluding ortho intramolecular Hbond substituents is 1. The molecule has 1 aromatic carbocycles. The van der Waals surface area contributed by atoms with Crippen molar-refractivity contribution >= 4 is 38.3 Å². The van der Waals surface area contributed by atoms with Gasteiger partial charge in [0.15, 0.2) is 17.3 Å². The van der Waals surface area contributed by atoms with E-state index in [1.807, 2.05) is 4.90 Å². The van der Waals surface area contributed by atoms with Crippen LogP contribution >= 0.6 is 9.24 Å². The predicted molar refractivity (Wildman–Crippen MR) is 145 cm³/mol. The van der Waals surface area contributed by atoms with Crippen molar-refractivity contribution in [3.63, 3.8) is 0 Å². The van der Waals surface area contributed by atoms with Crippen LogP contribution in [0.2, 0.25) is 0 Å². The van der Waals surface area contributed by atoms with Crippen LogP contribution in [0.15, 0.2) is 28.7 Å². The van der Waals surface area contributed by atoms with E-state index in [9.17, 15) is 34.5 Å². The number of halogens is 1. The zero-order valence-corrected chi connectivity index (χ0v) is 23.3. The number of aliphatic hydroxyl groups is 2. The number of carbonyl (C=O) groups is 4. The number of likely N-dealkylation sites (N-methyl/N-ethyl adjacent to an activating group) is 1. The highest BCUT2D eigenvalue weighted by atomic mass is 31.0. The van der Waals surface area contributed by atoms with Crippen LogP contribution in [0.25, 0.3) is 0 Å². The molecule has 40 heavy (non-hydrogen) atoms. The molecule has 0 aromatic heterocycles. The standard InChI is InChI=1S/C27H32FN4O7P/c1-31(2)20-13-8-11-7-12-14(28)9-15(30-16(33)10-32-5-3-4-6-32)21(34)18(12)22(35)17(11)24(37)27(13,40)25(38)19(23(20)36)26(29)39/h9,11,13,20,34,36-37H,3-8,10,40H2,1-2H3,(H2,29,39)(H,30,33)/t11-,13-,20-,27-/m0/s1. The normalized spacial score (nSPS) is 28.5. The Labute approximate surface area is 232 Å². The van der Waals surface area contributed by atoms with E-state index in [2.05, 4.69) is 14.6 Å².